The van der Waals surface area contributed by atoms with Gasteiger partial charge in [0.1, 0.15) is 5.69 Å². The summed E-state index contributed by atoms with van der Waals surface area (Å²) in [6.07, 6.45) is 1.56. The smallest absolute Gasteiger partial charge is 0.275 e. The predicted octanol–water partition coefficient (Wildman–Crippen LogP) is 1.36. The summed E-state index contributed by atoms with van der Waals surface area (Å²) in [6.45, 7) is 0. The van der Waals surface area contributed by atoms with E-state index in [0.717, 1.165) is 0 Å². The van der Waals surface area contributed by atoms with Gasteiger partial charge < -0.3 is 10.0 Å². The lowest BCUT2D eigenvalue weighted by molar-refractivity contribution is -0.0369. The van der Waals surface area contributed by atoms with Gasteiger partial charge in [0.15, 0.2) is 5.72 Å². The Balaban J connectivity index is 2.27. The third kappa shape index (κ3) is 1.23. The molecule has 4 nitrogen and oxygen atoms in total. The molecule has 1 amide bonds. The van der Waals surface area contributed by atoms with E-state index in [1.54, 1.807) is 37.5 Å². The van der Waals surface area contributed by atoms with E-state index in [-0.39, 0.29) is 5.91 Å². The van der Waals surface area contributed by atoms with Crippen molar-refractivity contribution in [1.29, 1.82) is 0 Å². The van der Waals surface area contributed by atoms with Crippen molar-refractivity contribution in [2.45, 2.75) is 5.72 Å². The molecule has 90 valence electrons. The first-order valence-corrected chi connectivity index (χ1v) is 5.67. The number of carbonyl (C=O) groups is 1. The van der Waals surface area contributed by atoms with Gasteiger partial charge in [-0.3, -0.25) is 9.78 Å². The summed E-state index contributed by atoms with van der Waals surface area (Å²) in [6, 6.07) is 12.6. The number of rotatable bonds is 1. The number of aliphatic hydroxyl groups is 1. The van der Waals surface area contributed by atoms with E-state index in [9.17, 15) is 9.90 Å². The summed E-state index contributed by atoms with van der Waals surface area (Å²) in [7, 11) is 1.58. The van der Waals surface area contributed by atoms with Gasteiger partial charge in [0, 0.05) is 24.4 Å². The van der Waals surface area contributed by atoms with Crippen molar-refractivity contribution < 1.29 is 9.90 Å². The van der Waals surface area contributed by atoms with E-state index in [4.69, 9.17) is 0 Å². The minimum Gasteiger partial charge on any atom is -0.363 e. The van der Waals surface area contributed by atoms with Crippen LogP contribution in [0.25, 0.3) is 0 Å². The van der Waals surface area contributed by atoms with Crippen molar-refractivity contribution in [3.8, 4) is 0 Å². The van der Waals surface area contributed by atoms with Crippen molar-refractivity contribution in [1.82, 2.24) is 9.88 Å². The topological polar surface area (TPSA) is 53.4 Å². The van der Waals surface area contributed by atoms with Gasteiger partial charge in [-0.1, -0.05) is 30.3 Å². The maximum absolute atomic E-state index is 12.1. The molecule has 4 heteroatoms. The SMILES string of the molecule is CN1C(=O)c2ncccc2C1(O)c1ccccc1. The Morgan fingerprint density at radius 2 is 1.89 bits per heavy atom. The summed E-state index contributed by atoms with van der Waals surface area (Å²) in [4.78, 5) is 17.5. The van der Waals surface area contributed by atoms with E-state index in [1.165, 1.54) is 4.90 Å². The molecule has 0 bridgehead atoms. The molecule has 0 saturated carbocycles. The Bertz CT molecular complexity index is 612. The van der Waals surface area contributed by atoms with Crippen LogP contribution in [-0.2, 0) is 5.72 Å². The van der Waals surface area contributed by atoms with Gasteiger partial charge in [-0.2, -0.15) is 0 Å². The second-order valence-corrected chi connectivity index (χ2v) is 4.30. The van der Waals surface area contributed by atoms with Crippen molar-refractivity contribution in [2.24, 2.45) is 0 Å². The molecule has 1 N–H and O–H groups in total. The number of fused-ring (bicyclic) bond motifs is 1. The number of pyridine rings is 1. The van der Waals surface area contributed by atoms with Crippen LogP contribution in [0.2, 0.25) is 0 Å². The summed E-state index contributed by atoms with van der Waals surface area (Å²) in [5.74, 6) is -0.267. The summed E-state index contributed by atoms with van der Waals surface area (Å²) in [5, 5.41) is 10.9. The van der Waals surface area contributed by atoms with Gasteiger partial charge in [0.05, 0.1) is 0 Å². The largest absolute Gasteiger partial charge is 0.363 e. The highest BCUT2D eigenvalue weighted by atomic mass is 16.3. The molecule has 1 aromatic carbocycles. The zero-order valence-corrected chi connectivity index (χ0v) is 9.87. The van der Waals surface area contributed by atoms with Crippen LogP contribution < -0.4 is 0 Å². The summed E-state index contributed by atoms with van der Waals surface area (Å²) >= 11 is 0. The van der Waals surface area contributed by atoms with Gasteiger partial charge in [0.25, 0.3) is 5.91 Å². The molecule has 0 fully saturated rings. The van der Waals surface area contributed by atoms with Gasteiger partial charge in [0.2, 0.25) is 0 Å². The maximum Gasteiger partial charge on any atom is 0.275 e. The lowest BCUT2D eigenvalue weighted by Crippen LogP contribution is -2.41. The molecule has 3 rings (SSSR count). The van der Waals surface area contributed by atoms with E-state index in [2.05, 4.69) is 4.98 Å². The highest BCUT2D eigenvalue weighted by molar-refractivity contribution is 5.98. The van der Waals surface area contributed by atoms with Gasteiger partial charge >= 0.3 is 0 Å². The fourth-order valence-electron chi connectivity index (χ4n) is 2.36. The van der Waals surface area contributed by atoms with Crippen molar-refractivity contribution in [3.05, 3.63) is 65.5 Å². The van der Waals surface area contributed by atoms with Crippen molar-refractivity contribution in [2.75, 3.05) is 7.05 Å². The third-order valence-corrected chi connectivity index (χ3v) is 3.35. The summed E-state index contributed by atoms with van der Waals surface area (Å²) in [5.41, 5.74) is 0.0738. The molecular formula is C14H12N2O2. The van der Waals surface area contributed by atoms with Crippen molar-refractivity contribution in [3.63, 3.8) is 0 Å². The zero-order chi connectivity index (χ0) is 12.8. The predicted molar refractivity (Wildman–Crippen MR) is 65.8 cm³/mol. The lowest BCUT2D eigenvalue weighted by Gasteiger charge is -2.31. The highest BCUT2D eigenvalue weighted by Crippen LogP contribution is 2.39. The normalized spacial score (nSPS) is 22.1. The van der Waals surface area contributed by atoms with Crippen LogP contribution in [-0.4, -0.2) is 27.9 Å². The minimum atomic E-state index is -1.43. The number of nitrogens with zero attached hydrogens (tertiary/aromatic N) is 2. The quantitative estimate of drug-likeness (QED) is 0.818. The lowest BCUT2D eigenvalue weighted by atomic mass is 9.96. The standard InChI is InChI=1S/C14H12N2O2/c1-16-13(17)12-11(8-5-9-15-12)14(16,18)10-6-3-2-4-7-10/h2-9,18H,1H3. The average Bonchev–Trinajstić information content (AvgIpc) is 2.64. The van der Waals surface area contributed by atoms with Crippen molar-refractivity contribution >= 4 is 5.91 Å². The first-order chi connectivity index (χ1) is 8.65. The molecule has 1 unspecified atom stereocenters. The van der Waals surface area contributed by atoms with Gasteiger partial charge in [-0.15, -0.1) is 0 Å². The van der Waals surface area contributed by atoms with Crippen LogP contribution in [0.4, 0.5) is 0 Å². The average molecular weight is 240 g/mol. The molecule has 1 atom stereocenters. The molecule has 1 aromatic heterocycles. The number of aromatic nitrogens is 1. The number of amides is 1. The Morgan fingerprint density at radius 1 is 1.17 bits per heavy atom. The molecule has 1 aliphatic rings. The third-order valence-electron chi connectivity index (χ3n) is 3.35. The van der Waals surface area contributed by atoms with E-state index in [0.29, 0.717) is 16.8 Å². The second-order valence-electron chi connectivity index (χ2n) is 4.30. The molecule has 2 aromatic rings. The molecule has 18 heavy (non-hydrogen) atoms. The zero-order valence-electron chi connectivity index (χ0n) is 9.87. The van der Waals surface area contributed by atoms with Gasteiger partial charge in [-0.05, 0) is 12.1 Å². The number of benzene rings is 1. The fraction of sp³-hybridized carbons (Fsp3) is 0.143. The Kier molecular flexibility index (Phi) is 2.21. The second kappa shape index (κ2) is 3.65. The highest BCUT2D eigenvalue weighted by Gasteiger charge is 2.48. The maximum atomic E-state index is 12.1. The monoisotopic (exact) mass is 240 g/mol. The molecule has 0 radical (unpaired) electrons. The van der Waals surface area contributed by atoms with Gasteiger partial charge in [-0.25, -0.2) is 0 Å². The first-order valence-electron chi connectivity index (χ1n) is 5.67. The van der Waals surface area contributed by atoms with Crippen LogP contribution in [0.15, 0.2) is 48.7 Å². The van der Waals surface area contributed by atoms with Crippen LogP contribution >= 0.6 is 0 Å². The van der Waals surface area contributed by atoms with E-state index >= 15 is 0 Å². The number of hydrogen-bond donors (Lipinski definition) is 1. The Labute approximate surface area is 105 Å². The molecule has 0 aliphatic carbocycles. The van der Waals surface area contributed by atoms with Crippen LogP contribution in [0.1, 0.15) is 21.6 Å². The minimum absolute atomic E-state index is 0.267. The molecule has 1 aliphatic heterocycles. The Morgan fingerprint density at radius 3 is 2.61 bits per heavy atom. The summed E-state index contributed by atoms with van der Waals surface area (Å²) < 4.78 is 0. The molecular weight excluding hydrogens is 228 g/mol. The Hall–Kier alpha value is -2.20. The van der Waals surface area contributed by atoms with E-state index < -0.39 is 5.72 Å². The van der Waals surface area contributed by atoms with E-state index in [1.807, 2.05) is 18.2 Å². The first kappa shape index (κ1) is 10.9. The molecule has 0 saturated heterocycles. The molecule has 2 heterocycles. The fourth-order valence-corrected chi connectivity index (χ4v) is 2.36. The number of hydrogen-bond acceptors (Lipinski definition) is 3. The van der Waals surface area contributed by atoms with Crippen LogP contribution in [0.3, 0.4) is 0 Å². The van der Waals surface area contributed by atoms with Crippen LogP contribution in [0, 0.1) is 0 Å². The number of carbonyl (C=O) groups excluding carboxylic acids is 1. The van der Waals surface area contributed by atoms with Crippen LogP contribution in [0.5, 0.6) is 0 Å². The molecule has 0 spiro atoms.